The number of halogens is 1. The first kappa shape index (κ1) is 12.0. The Morgan fingerprint density at radius 3 is 2.67 bits per heavy atom. The second-order valence-corrected chi connectivity index (χ2v) is 5.42. The van der Waals surface area contributed by atoms with Crippen LogP contribution in [0.1, 0.15) is 38.2 Å². The van der Waals surface area contributed by atoms with Gasteiger partial charge in [-0.05, 0) is 44.2 Å². The number of nitrogens with one attached hydrogen (secondary N) is 1. The Hall–Kier alpha value is -1.09. The standard InChI is InChI=1S/C15H21FN2/c1-2-18(13-8-9-13)15-11(4-3-5-14(15)16)10-17-12-6-7-12/h3-5,12-13,17H,2,6-10H2,1H3. The van der Waals surface area contributed by atoms with Crippen LogP contribution in [0.3, 0.4) is 0 Å². The first-order valence-corrected chi connectivity index (χ1v) is 7.07. The highest BCUT2D eigenvalue weighted by atomic mass is 19.1. The van der Waals surface area contributed by atoms with Crippen LogP contribution in [0.2, 0.25) is 0 Å². The van der Waals surface area contributed by atoms with E-state index in [1.54, 1.807) is 6.07 Å². The molecule has 1 N–H and O–H groups in total. The van der Waals surface area contributed by atoms with Gasteiger partial charge < -0.3 is 10.2 Å². The third kappa shape index (κ3) is 2.51. The van der Waals surface area contributed by atoms with Crippen LogP contribution < -0.4 is 10.2 Å². The normalized spacial score (nSPS) is 19.0. The first-order valence-electron chi connectivity index (χ1n) is 7.07. The summed E-state index contributed by atoms with van der Waals surface area (Å²) in [7, 11) is 0. The van der Waals surface area contributed by atoms with Gasteiger partial charge in [-0.2, -0.15) is 0 Å². The Bertz CT molecular complexity index is 425. The van der Waals surface area contributed by atoms with Crippen molar-refractivity contribution in [3.63, 3.8) is 0 Å². The summed E-state index contributed by atoms with van der Waals surface area (Å²) in [5.41, 5.74) is 1.94. The fourth-order valence-electron chi connectivity index (χ4n) is 2.55. The molecule has 0 heterocycles. The smallest absolute Gasteiger partial charge is 0.146 e. The molecule has 0 amide bonds. The minimum Gasteiger partial charge on any atom is -0.366 e. The van der Waals surface area contributed by atoms with Crippen LogP contribution >= 0.6 is 0 Å². The van der Waals surface area contributed by atoms with Crippen molar-refractivity contribution in [2.45, 2.75) is 51.2 Å². The summed E-state index contributed by atoms with van der Waals surface area (Å²) in [6.45, 7) is 3.80. The summed E-state index contributed by atoms with van der Waals surface area (Å²) in [5.74, 6) is -0.0705. The summed E-state index contributed by atoms with van der Waals surface area (Å²) in [6.07, 6.45) is 4.95. The van der Waals surface area contributed by atoms with E-state index in [0.717, 1.165) is 24.3 Å². The molecule has 2 aliphatic carbocycles. The van der Waals surface area contributed by atoms with Gasteiger partial charge in [0.1, 0.15) is 5.82 Å². The summed E-state index contributed by atoms with van der Waals surface area (Å²) >= 11 is 0. The van der Waals surface area contributed by atoms with Crippen LogP contribution in [0, 0.1) is 5.82 Å². The van der Waals surface area contributed by atoms with E-state index in [0.29, 0.717) is 12.1 Å². The quantitative estimate of drug-likeness (QED) is 0.832. The third-order valence-corrected chi connectivity index (χ3v) is 3.84. The molecule has 0 aromatic heterocycles. The second-order valence-electron chi connectivity index (χ2n) is 5.42. The van der Waals surface area contributed by atoms with Crippen LogP contribution in [-0.2, 0) is 6.54 Å². The predicted molar refractivity (Wildman–Crippen MR) is 72.3 cm³/mol. The van der Waals surface area contributed by atoms with Gasteiger partial charge in [0.05, 0.1) is 5.69 Å². The summed E-state index contributed by atoms with van der Waals surface area (Å²) in [6, 6.07) is 6.69. The number of para-hydroxylation sites is 1. The summed E-state index contributed by atoms with van der Waals surface area (Å²) in [5, 5.41) is 3.49. The molecule has 1 aromatic carbocycles. The van der Waals surface area contributed by atoms with Crippen LogP contribution in [0.25, 0.3) is 0 Å². The zero-order valence-electron chi connectivity index (χ0n) is 11.0. The highest BCUT2D eigenvalue weighted by Gasteiger charge is 2.31. The number of benzene rings is 1. The Balaban J connectivity index is 1.83. The minimum atomic E-state index is -0.0705. The molecule has 0 spiro atoms. The van der Waals surface area contributed by atoms with Crippen molar-refractivity contribution in [1.29, 1.82) is 0 Å². The minimum absolute atomic E-state index is 0.0705. The van der Waals surface area contributed by atoms with Crippen LogP contribution in [-0.4, -0.2) is 18.6 Å². The van der Waals surface area contributed by atoms with Crippen LogP contribution in [0.5, 0.6) is 0 Å². The SMILES string of the molecule is CCN(c1c(F)cccc1CNC1CC1)C1CC1. The fraction of sp³-hybridized carbons (Fsp3) is 0.600. The van der Waals surface area contributed by atoms with E-state index in [-0.39, 0.29) is 5.82 Å². The van der Waals surface area contributed by atoms with E-state index in [4.69, 9.17) is 0 Å². The van der Waals surface area contributed by atoms with Crippen molar-refractivity contribution in [3.05, 3.63) is 29.6 Å². The lowest BCUT2D eigenvalue weighted by atomic mass is 10.1. The van der Waals surface area contributed by atoms with Crippen molar-refractivity contribution in [2.75, 3.05) is 11.4 Å². The van der Waals surface area contributed by atoms with E-state index in [1.807, 2.05) is 6.07 Å². The molecular formula is C15H21FN2. The van der Waals surface area contributed by atoms with Gasteiger partial charge in [0.15, 0.2) is 0 Å². The number of anilines is 1. The van der Waals surface area contributed by atoms with Crippen LogP contribution in [0.4, 0.5) is 10.1 Å². The molecule has 0 radical (unpaired) electrons. The van der Waals surface area contributed by atoms with Crippen molar-refractivity contribution in [2.24, 2.45) is 0 Å². The topological polar surface area (TPSA) is 15.3 Å². The van der Waals surface area contributed by atoms with Gasteiger partial charge in [-0.3, -0.25) is 0 Å². The maximum absolute atomic E-state index is 14.1. The van der Waals surface area contributed by atoms with E-state index in [1.165, 1.54) is 25.7 Å². The molecule has 0 atom stereocenters. The zero-order chi connectivity index (χ0) is 12.5. The first-order chi connectivity index (χ1) is 8.79. The maximum Gasteiger partial charge on any atom is 0.146 e. The molecule has 3 rings (SSSR count). The molecule has 2 aliphatic rings. The van der Waals surface area contributed by atoms with Gasteiger partial charge in [0.25, 0.3) is 0 Å². The third-order valence-electron chi connectivity index (χ3n) is 3.84. The number of hydrogen-bond donors (Lipinski definition) is 1. The maximum atomic E-state index is 14.1. The fourth-order valence-corrected chi connectivity index (χ4v) is 2.55. The second kappa shape index (κ2) is 4.88. The van der Waals surface area contributed by atoms with E-state index in [2.05, 4.69) is 23.2 Å². The van der Waals surface area contributed by atoms with Gasteiger partial charge in [-0.25, -0.2) is 4.39 Å². The van der Waals surface area contributed by atoms with E-state index >= 15 is 0 Å². The van der Waals surface area contributed by atoms with Crippen molar-refractivity contribution >= 4 is 5.69 Å². The molecule has 98 valence electrons. The van der Waals surface area contributed by atoms with E-state index in [9.17, 15) is 4.39 Å². The number of rotatable bonds is 6. The summed E-state index contributed by atoms with van der Waals surface area (Å²) < 4.78 is 14.1. The highest BCUT2D eigenvalue weighted by Crippen LogP contribution is 2.35. The monoisotopic (exact) mass is 248 g/mol. The average molecular weight is 248 g/mol. The molecule has 0 aliphatic heterocycles. The molecule has 2 nitrogen and oxygen atoms in total. The van der Waals surface area contributed by atoms with Gasteiger partial charge in [-0.15, -0.1) is 0 Å². The molecule has 18 heavy (non-hydrogen) atoms. The van der Waals surface area contributed by atoms with Crippen molar-refractivity contribution < 1.29 is 4.39 Å². The Kier molecular flexibility index (Phi) is 3.25. The Morgan fingerprint density at radius 1 is 1.28 bits per heavy atom. The Morgan fingerprint density at radius 2 is 2.06 bits per heavy atom. The van der Waals surface area contributed by atoms with Gasteiger partial charge in [0.2, 0.25) is 0 Å². The molecule has 0 bridgehead atoms. The lowest BCUT2D eigenvalue weighted by Crippen LogP contribution is -2.28. The largest absolute Gasteiger partial charge is 0.366 e. The number of nitrogens with zero attached hydrogens (tertiary/aromatic N) is 1. The molecule has 0 unspecified atom stereocenters. The van der Waals surface area contributed by atoms with Crippen molar-refractivity contribution in [3.8, 4) is 0 Å². The molecule has 2 saturated carbocycles. The molecular weight excluding hydrogens is 227 g/mol. The summed E-state index contributed by atoms with van der Waals surface area (Å²) in [4.78, 5) is 2.24. The highest BCUT2D eigenvalue weighted by molar-refractivity contribution is 5.56. The molecule has 3 heteroatoms. The van der Waals surface area contributed by atoms with Crippen molar-refractivity contribution in [1.82, 2.24) is 5.32 Å². The van der Waals surface area contributed by atoms with Gasteiger partial charge in [0, 0.05) is 25.2 Å². The average Bonchev–Trinajstić information content (AvgIpc) is 3.24. The zero-order valence-corrected chi connectivity index (χ0v) is 11.0. The number of hydrogen-bond acceptors (Lipinski definition) is 2. The molecule has 0 saturated heterocycles. The van der Waals surface area contributed by atoms with Gasteiger partial charge in [-0.1, -0.05) is 12.1 Å². The lowest BCUT2D eigenvalue weighted by molar-refractivity contribution is 0.608. The Labute approximate surface area is 108 Å². The predicted octanol–water partition coefficient (Wildman–Crippen LogP) is 3.07. The van der Waals surface area contributed by atoms with E-state index < -0.39 is 0 Å². The van der Waals surface area contributed by atoms with Crippen LogP contribution in [0.15, 0.2) is 18.2 Å². The van der Waals surface area contributed by atoms with Gasteiger partial charge >= 0.3 is 0 Å². The lowest BCUT2D eigenvalue weighted by Gasteiger charge is -2.26. The molecule has 2 fully saturated rings. The molecule has 1 aromatic rings.